The number of sulfone groups is 1. The van der Waals surface area contributed by atoms with Crippen molar-refractivity contribution in [1.29, 1.82) is 0 Å². The second-order valence-corrected chi connectivity index (χ2v) is 12.0. The number of nitrogens with zero attached hydrogens (tertiary/aromatic N) is 3. The predicted octanol–water partition coefficient (Wildman–Crippen LogP) is 5.22. The maximum absolute atomic E-state index is 11.5. The van der Waals surface area contributed by atoms with Gasteiger partial charge in [0.05, 0.1) is 18.4 Å². The van der Waals surface area contributed by atoms with Gasteiger partial charge in [0.1, 0.15) is 25.6 Å². The van der Waals surface area contributed by atoms with E-state index in [1.54, 1.807) is 6.07 Å². The lowest BCUT2D eigenvalue weighted by Crippen LogP contribution is -2.29. The smallest absolute Gasteiger partial charge is 0.228 e. The van der Waals surface area contributed by atoms with Crippen LogP contribution in [0, 0.1) is 6.57 Å². The summed E-state index contributed by atoms with van der Waals surface area (Å²) in [4.78, 5) is 3.62. The van der Waals surface area contributed by atoms with E-state index in [1.165, 1.54) is 28.7 Å². The number of hydrogen-bond acceptors (Lipinski definition) is 7. The third-order valence-corrected chi connectivity index (χ3v) is 7.67. The first-order chi connectivity index (χ1) is 16.2. The van der Waals surface area contributed by atoms with Gasteiger partial charge in [-0.25, -0.2) is 13.3 Å². The number of benzene rings is 2. The standard InChI is InChI=1S/C25H28N4O3S2/c1-16(2)32-23-12-11-17(15-22(23)26-3)24-28-29-25(33-24)20-9-5-8-19-18(20)7-6-10-21(19)27-13-14-34(4,30)31/h5,8-9,11-12,15-16,21,27H,6-7,10,13-14H2,1-2,4H3/t21-/m1/s1. The number of rotatable bonds is 8. The lowest BCUT2D eigenvalue weighted by molar-refractivity contribution is 0.244. The van der Waals surface area contributed by atoms with Crippen molar-refractivity contribution in [2.24, 2.45) is 0 Å². The zero-order valence-electron chi connectivity index (χ0n) is 19.5. The minimum atomic E-state index is -3.00. The van der Waals surface area contributed by atoms with E-state index in [2.05, 4.69) is 32.5 Å². The number of fused-ring (bicyclic) bond motifs is 1. The Balaban J connectivity index is 1.60. The van der Waals surface area contributed by atoms with Gasteiger partial charge in [-0.1, -0.05) is 35.6 Å². The van der Waals surface area contributed by atoms with Crippen molar-refractivity contribution >= 4 is 26.9 Å². The van der Waals surface area contributed by atoms with Crippen LogP contribution >= 0.6 is 11.3 Å². The second-order valence-electron chi connectivity index (χ2n) is 8.78. The summed E-state index contributed by atoms with van der Waals surface area (Å²) >= 11 is 1.51. The van der Waals surface area contributed by atoms with Gasteiger partial charge in [0.25, 0.3) is 0 Å². The molecule has 3 aromatic rings. The second kappa shape index (κ2) is 10.2. The molecule has 0 unspecified atom stereocenters. The highest BCUT2D eigenvalue weighted by atomic mass is 32.2. The maximum atomic E-state index is 11.5. The van der Waals surface area contributed by atoms with Gasteiger partial charge in [0.2, 0.25) is 5.69 Å². The zero-order chi connectivity index (χ0) is 24.3. The molecule has 1 heterocycles. The Bertz CT molecular complexity index is 1330. The first-order valence-electron chi connectivity index (χ1n) is 11.3. The van der Waals surface area contributed by atoms with E-state index in [0.717, 1.165) is 40.4 Å². The molecule has 7 nitrogen and oxygen atoms in total. The summed E-state index contributed by atoms with van der Waals surface area (Å²) in [5, 5.41) is 13.9. The largest absolute Gasteiger partial charge is 0.502 e. The molecule has 178 valence electrons. The van der Waals surface area contributed by atoms with Crippen molar-refractivity contribution in [1.82, 2.24) is 15.5 Å². The van der Waals surface area contributed by atoms with Gasteiger partial charge in [-0.2, -0.15) is 0 Å². The molecule has 9 heteroatoms. The van der Waals surface area contributed by atoms with Crippen LogP contribution in [0.25, 0.3) is 26.0 Å². The maximum Gasteiger partial charge on any atom is 0.228 e. The van der Waals surface area contributed by atoms with Crippen molar-refractivity contribution in [3.63, 3.8) is 0 Å². The highest BCUT2D eigenvalue weighted by molar-refractivity contribution is 7.90. The molecule has 0 bridgehead atoms. The zero-order valence-corrected chi connectivity index (χ0v) is 21.2. The lowest BCUT2D eigenvalue weighted by atomic mass is 9.85. The molecule has 1 aliphatic rings. The lowest BCUT2D eigenvalue weighted by Gasteiger charge is -2.28. The van der Waals surface area contributed by atoms with Crippen LogP contribution in [-0.4, -0.2) is 43.3 Å². The third kappa shape index (κ3) is 5.63. The fraction of sp³-hybridized carbons (Fsp3) is 0.400. The Morgan fingerprint density at radius 1 is 1.24 bits per heavy atom. The number of ether oxygens (including phenoxy) is 1. The molecular weight excluding hydrogens is 468 g/mol. The molecular formula is C25H28N4O3S2. The summed E-state index contributed by atoms with van der Waals surface area (Å²) in [6.45, 7) is 11.8. The molecule has 0 amide bonds. The van der Waals surface area contributed by atoms with Gasteiger partial charge in [0.15, 0.2) is 0 Å². The molecule has 0 saturated heterocycles. The van der Waals surface area contributed by atoms with E-state index < -0.39 is 9.84 Å². The Morgan fingerprint density at radius 3 is 2.76 bits per heavy atom. The fourth-order valence-electron chi connectivity index (χ4n) is 4.22. The molecule has 0 spiro atoms. The highest BCUT2D eigenvalue weighted by Crippen LogP contribution is 2.40. The molecule has 1 N–H and O–H groups in total. The van der Waals surface area contributed by atoms with Gasteiger partial charge in [-0.15, -0.1) is 10.2 Å². The molecule has 0 aliphatic heterocycles. The van der Waals surface area contributed by atoms with Crippen LogP contribution < -0.4 is 10.1 Å². The molecule has 1 aromatic heterocycles. The quantitative estimate of drug-likeness (QED) is 0.430. The van der Waals surface area contributed by atoms with Gasteiger partial charge >= 0.3 is 0 Å². The van der Waals surface area contributed by atoms with Crippen molar-refractivity contribution < 1.29 is 13.2 Å². The van der Waals surface area contributed by atoms with Crippen LogP contribution in [-0.2, 0) is 16.3 Å². The summed E-state index contributed by atoms with van der Waals surface area (Å²) in [5.41, 5.74) is 4.83. The third-order valence-electron chi connectivity index (χ3n) is 5.72. The van der Waals surface area contributed by atoms with Crippen LogP contribution in [0.2, 0.25) is 0 Å². The Morgan fingerprint density at radius 2 is 2.03 bits per heavy atom. The number of hydrogen-bond donors (Lipinski definition) is 1. The number of nitrogens with one attached hydrogen (secondary N) is 1. The first kappa shape index (κ1) is 24.3. The Hall–Kier alpha value is -2.80. The van der Waals surface area contributed by atoms with E-state index in [0.29, 0.717) is 18.0 Å². The van der Waals surface area contributed by atoms with Crippen LogP contribution in [0.4, 0.5) is 5.69 Å². The molecule has 4 rings (SSSR count). The van der Waals surface area contributed by atoms with Crippen molar-refractivity contribution in [3.8, 4) is 26.9 Å². The first-order valence-corrected chi connectivity index (χ1v) is 14.2. The normalized spacial score (nSPS) is 15.7. The fourth-order valence-corrected chi connectivity index (χ4v) is 5.60. The summed E-state index contributed by atoms with van der Waals surface area (Å²) in [7, 11) is -3.00. The average molecular weight is 497 g/mol. The molecule has 1 atom stereocenters. The van der Waals surface area contributed by atoms with E-state index in [9.17, 15) is 8.42 Å². The van der Waals surface area contributed by atoms with E-state index in [4.69, 9.17) is 11.3 Å². The van der Waals surface area contributed by atoms with Gasteiger partial charge in [-0.05, 0) is 56.4 Å². The van der Waals surface area contributed by atoms with E-state index in [1.807, 2.05) is 32.0 Å². The van der Waals surface area contributed by atoms with Crippen LogP contribution in [0.3, 0.4) is 0 Å². The molecule has 34 heavy (non-hydrogen) atoms. The minimum Gasteiger partial charge on any atom is -0.502 e. The van der Waals surface area contributed by atoms with Crippen molar-refractivity contribution in [2.75, 3.05) is 18.6 Å². The topological polar surface area (TPSA) is 85.5 Å². The van der Waals surface area contributed by atoms with Gasteiger partial charge < -0.3 is 10.1 Å². The van der Waals surface area contributed by atoms with Crippen LogP contribution in [0.1, 0.15) is 43.9 Å². The van der Waals surface area contributed by atoms with Crippen LogP contribution in [0.15, 0.2) is 36.4 Å². The minimum absolute atomic E-state index is 0.00608. The van der Waals surface area contributed by atoms with E-state index in [-0.39, 0.29) is 17.9 Å². The summed E-state index contributed by atoms with van der Waals surface area (Å²) in [6.07, 6.45) is 4.21. The monoisotopic (exact) mass is 496 g/mol. The van der Waals surface area contributed by atoms with Crippen LogP contribution in [0.5, 0.6) is 5.75 Å². The molecule has 0 fully saturated rings. The summed E-state index contributed by atoms with van der Waals surface area (Å²) < 4.78 is 28.7. The summed E-state index contributed by atoms with van der Waals surface area (Å²) in [5.74, 6) is 0.705. The molecule has 2 aromatic carbocycles. The predicted molar refractivity (Wildman–Crippen MR) is 136 cm³/mol. The average Bonchev–Trinajstić information content (AvgIpc) is 3.28. The highest BCUT2D eigenvalue weighted by Gasteiger charge is 2.24. The van der Waals surface area contributed by atoms with Crippen molar-refractivity contribution in [2.45, 2.75) is 45.3 Å². The number of aromatic nitrogens is 2. The van der Waals surface area contributed by atoms with E-state index >= 15 is 0 Å². The Labute approximate surface area is 204 Å². The van der Waals surface area contributed by atoms with Crippen molar-refractivity contribution in [3.05, 3.63) is 58.9 Å². The SMILES string of the molecule is [C-]#[N+]c1cc(-c2nnc(-c3cccc4c3CCC[C@H]4NCCS(C)(=O)=O)s2)ccc1OC(C)C. The summed E-state index contributed by atoms with van der Waals surface area (Å²) in [6, 6.07) is 11.9. The Kier molecular flexibility index (Phi) is 7.31. The molecule has 0 saturated carbocycles. The molecule has 0 radical (unpaired) electrons. The van der Waals surface area contributed by atoms with Gasteiger partial charge in [-0.3, -0.25) is 0 Å². The molecule has 1 aliphatic carbocycles. The van der Waals surface area contributed by atoms with Gasteiger partial charge in [0, 0.05) is 30.0 Å².